The molecule has 0 aliphatic carbocycles. The number of benzene rings is 2. The second-order valence-corrected chi connectivity index (χ2v) is 29.2. The van der Waals surface area contributed by atoms with Crippen LogP contribution in [0.4, 0.5) is 32.3 Å². The Morgan fingerprint density at radius 3 is 2.23 bits per heavy atom. The van der Waals surface area contributed by atoms with Gasteiger partial charge in [0.1, 0.15) is 40.0 Å². The molecule has 0 saturated carbocycles. The van der Waals surface area contributed by atoms with Gasteiger partial charge >= 0.3 is 6.09 Å². The molecule has 10 rings (SSSR count). The number of rotatable bonds is 16. The maximum Gasteiger partial charge on any atom is 0.410 e. The Morgan fingerprint density at radius 1 is 0.816 bits per heavy atom. The molecule has 4 aliphatic heterocycles. The Hall–Kier alpha value is -7.34. The molecular weight excluding hydrogens is 1130 g/mol. The highest BCUT2D eigenvalue weighted by molar-refractivity contribution is 7.92. The normalized spacial score (nSPS) is 19.8. The van der Waals surface area contributed by atoms with Crippen LogP contribution in [0.1, 0.15) is 114 Å². The topological polar surface area (TPSA) is 219 Å². The van der Waals surface area contributed by atoms with Gasteiger partial charge in [0.05, 0.1) is 40.4 Å². The van der Waals surface area contributed by atoms with Crippen LogP contribution in [-0.2, 0) is 31.2 Å². The third-order valence-electron chi connectivity index (χ3n) is 17.3. The van der Waals surface area contributed by atoms with Crippen molar-refractivity contribution in [1.82, 2.24) is 54.6 Å². The van der Waals surface area contributed by atoms with Gasteiger partial charge in [0.25, 0.3) is 5.91 Å². The molecule has 4 aliphatic rings. The van der Waals surface area contributed by atoms with Gasteiger partial charge < -0.3 is 34.4 Å². The van der Waals surface area contributed by atoms with Crippen molar-refractivity contribution in [3.63, 3.8) is 0 Å². The minimum absolute atomic E-state index is 0.0173. The smallest absolute Gasteiger partial charge is 0.410 e. The third kappa shape index (κ3) is 14.0. The number of nitrogens with one attached hydrogen (secondary N) is 2. The van der Waals surface area contributed by atoms with Crippen LogP contribution < -0.4 is 19.9 Å². The van der Waals surface area contributed by atoms with Crippen molar-refractivity contribution in [2.45, 2.75) is 135 Å². The molecule has 3 fully saturated rings. The number of carbonyl (C=O) groups is 3. The number of aryl methyl sites for hydroxylation is 1. The van der Waals surface area contributed by atoms with Crippen LogP contribution in [0.3, 0.4) is 0 Å². The minimum Gasteiger partial charge on any atom is -0.492 e. The molecule has 2 aromatic carbocycles. The van der Waals surface area contributed by atoms with Crippen molar-refractivity contribution in [2.24, 2.45) is 0 Å². The van der Waals surface area contributed by atoms with Gasteiger partial charge in [-0.05, 0) is 130 Å². The molecular formula is C64H85FN14O7S. The largest absolute Gasteiger partial charge is 0.492 e. The molecule has 8 heterocycles. The molecule has 4 aromatic heterocycles. The van der Waals surface area contributed by atoms with E-state index in [-0.39, 0.29) is 64.5 Å². The molecule has 21 nitrogen and oxygen atoms in total. The predicted molar refractivity (Wildman–Crippen MR) is 334 cm³/mol. The molecule has 23 heteroatoms. The predicted octanol–water partition coefficient (Wildman–Crippen LogP) is 8.18. The van der Waals surface area contributed by atoms with Crippen LogP contribution in [0.2, 0.25) is 0 Å². The molecule has 3 amide bonds. The molecule has 0 bridgehead atoms. The van der Waals surface area contributed by atoms with Crippen molar-refractivity contribution in [3.8, 4) is 5.75 Å². The Balaban J connectivity index is 0.728. The molecule has 0 radical (unpaired) electrons. The molecule has 3 atom stereocenters. The third-order valence-corrected chi connectivity index (χ3v) is 19.8. The number of carbonyl (C=O) groups excluding carboxylic acids is 3. The number of hydrogen-bond donors (Lipinski definition) is 2. The Kier molecular flexibility index (Phi) is 18.0. The zero-order valence-electron chi connectivity index (χ0n) is 52.5. The van der Waals surface area contributed by atoms with E-state index in [2.05, 4.69) is 65.9 Å². The molecule has 0 spiro atoms. The van der Waals surface area contributed by atoms with E-state index in [1.165, 1.54) is 18.5 Å². The number of hydrogen-bond acceptors (Lipinski definition) is 17. The quantitative estimate of drug-likeness (QED) is 0.0873. The van der Waals surface area contributed by atoms with Crippen molar-refractivity contribution in [1.29, 1.82) is 0 Å². The molecule has 2 N–H and O–H groups in total. The van der Waals surface area contributed by atoms with E-state index in [4.69, 9.17) is 19.4 Å². The van der Waals surface area contributed by atoms with Gasteiger partial charge in [0.15, 0.2) is 15.7 Å². The fraction of sp³-hybridized carbons (Fsp3) is 0.531. The Bertz CT molecular complexity index is 3600. The summed E-state index contributed by atoms with van der Waals surface area (Å²) in [6.45, 7) is 30.6. The van der Waals surface area contributed by atoms with Crippen molar-refractivity contribution < 1.29 is 36.7 Å². The number of ether oxygens (including phenoxy) is 2. The molecule has 2 unspecified atom stereocenters. The summed E-state index contributed by atoms with van der Waals surface area (Å²) in [5, 5.41) is 11.1. The lowest BCUT2D eigenvalue weighted by molar-refractivity contribution is -0.121. The summed E-state index contributed by atoms with van der Waals surface area (Å²) < 4.78 is 52.9. The number of halogens is 1. The van der Waals surface area contributed by atoms with Crippen molar-refractivity contribution >= 4 is 61.8 Å². The second kappa shape index (κ2) is 25.0. The first-order chi connectivity index (χ1) is 41.1. The van der Waals surface area contributed by atoms with Crippen LogP contribution in [0.25, 0.3) is 10.9 Å². The lowest BCUT2D eigenvalue weighted by Gasteiger charge is -2.48. The maximum atomic E-state index is 14.7. The summed E-state index contributed by atoms with van der Waals surface area (Å²) in [6, 6.07) is 15.1. The first-order valence-corrected chi connectivity index (χ1v) is 31.8. The monoisotopic (exact) mass is 1210 g/mol. The zero-order valence-corrected chi connectivity index (χ0v) is 53.3. The van der Waals surface area contributed by atoms with E-state index >= 15 is 0 Å². The number of pyridine rings is 2. The highest BCUT2D eigenvalue weighted by Crippen LogP contribution is 2.41. The van der Waals surface area contributed by atoms with Crippen LogP contribution in [-0.4, -0.2) is 201 Å². The van der Waals surface area contributed by atoms with E-state index in [9.17, 15) is 27.2 Å². The van der Waals surface area contributed by atoms with Crippen LogP contribution in [0, 0.1) is 19.7 Å². The van der Waals surface area contributed by atoms with E-state index in [0.29, 0.717) is 93.4 Å². The number of nitrogens with zero attached hydrogens (tertiary/aromatic N) is 12. The number of H-pyrrole nitrogens is 1. The fourth-order valence-corrected chi connectivity index (χ4v) is 13.4. The Labute approximate surface area is 510 Å². The van der Waals surface area contributed by atoms with Gasteiger partial charge in [0.2, 0.25) is 5.91 Å². The summed E-state index contributed by atoms with van der Waals surface area (Å²) in [7, 11) is -3.84. The summed E-state index contributed by atoms with van der Waals surface area (Å²) in [5.74, 6) is 1.68. The first-order valence-electron chi connectivity index (χ1n) is 30.3. The van der Waals surface area contributed by atoms with Gasteiger partial charge in [-0.25, -0.2) is 32.6 Å². The first kappa shape index (κ1) is 62.7. The van der Waals surface area contributed by atoms with Crippen LogP contribution in [0.15, 0.2) is 78.2 Å². The second-order valence-electron chi connectivity index (χ2n) is 26.6. The van der Waals surface area contributed by atoms with E-state index < -0.39 is 20.2 Å². The minimum atomic E-state index is -3.84. The number of amides is 3. The number of sulfone groups is 1. The maximum absolute atomic E-state index is 14.7. The SMILES string of the molecule is Cc1[nH]nc(Nc2ncnc3cc(OCCCN4CCN(c5ccc(C(=O)N6CCN(CC7CN(C(=O)OC(C)(C)C)C(C)CN7CC(=O)N7CC(C)(C)c8ncc(Cc9ccc(F)cc9)cc87)[C@H](C)C6)cn5)CC4)c(S(=O)(=O)C(C)(C)C)cc23)c1C. The highest BCUT2D eigenvalue weighted by Gasteiger charge is 2.44. The van der Waals surface area contributed by atoms with Gasteiger partial charge in [-0.15, -0.1) is 0 Å². The molecule has 6 aromatic rings. The molecule has 466 valence electrons. The highest BCUT2D eigenvalue weighted by atomic mass is 32.2. The average molecular weight is 1210 g/mol. The number of fused-ring (bicyclic) bond motifs is 2. The van der Waals surface area contributed by atoms with Crippen LogP contribution in [0.5, 0.6) is 5.75 Å². The van der Waals surface area contributed by atoms with E-state index in [0.717, 1.165) is 72.3 Å². The summed E-state index contributed by atoms with van der Waals surface area (Å²) in [5.41, 5.74) is 5.39. The van der Waals surface area contributed by atoms with Gasteiger partial charge in [-0.1, -0.05) is 26.0 Å². The standard InChI is InChI=1S/C64H85FN14O7S/c1-41-34-76(26-25-75(41)36-49-37-78(61(82)86-62(5,6)7)42(2)35-77(49)38-56(80)79-39-64(11,12)57-52(79)29-46(32-67-57)28-45-14-17-48(65)18-15-45)60(81)47-16-19-55(66-33-47)74-23-21-73(22-24-74)20-13-27-85-53-31-51-50(30-54(53)87(83,84)63(8,9)10)59(69-40-68-51)70-58-43(3)44(4)71-72-58/h14-19,29-33,40-42,49H,13,20-28,34-39H2,1-12H3,(H2,68,69,70,71,72)/t41-,42?,49?/m1/s1. The fourth-order valence-electron chi connectivity index (χ4n) is 12.1. The molecule has 3 saturated heterocycles. The summed E-state index contributed by atoms with van der Waals surface area (Å²) in [6.07, 6.45) is 5.81. The number of piperazine rings is 3. The lowest BCUT2D eigenvalue weighted by Crippen LogP contribution is -2.65. The van der Waals surface area contributed by atoms with Crippen LogP contribution >= 0.6 is 0 Å². The van der Waals surface area contributed by atoms with Gasteiger partial charge in [-0.2, -0.15) is 5.10 Å². The summed E-state index contributed by atoms with van der Waals surface area (Å²) >= 11 is 0. The number of aromatic nitrogens is 6. The average Bonchev–Trinajstić information content (AvgIpc) is 1.91. The van der Waals surface area contributed by atoms with Gasteiger partial charge in [0, 0.05) is 137 Å². The van der Waals surface area contributed by atoms with E-state index in [1.807, 2.05) is 75.7 Å². The molecule has 87 heavy (non-hydrogen) atoms. The van der Waals surface area contributed by atoms with Crippen molar-refractivity contribution in [3.05, 3.63) is 113 Å². The zero-order chi connectivity index (χ0) is 62.3. The lowest BCUT2D eigenvalue weighted by atomic mass is 9.91. The number of aromatic amines is 1. The van der Waals surface area contributed by atoms with E-state index in [1.54, 1.807) is 56.1 Å². The van der Waals surface area contributed by atoms with Gasteiger partial charge in [-0.3, -0.25) is 34.4 Å². The summed E-state index contributed by atoms with van der Waals surface area (Å²) in [4.78, 5) is 75.9. The Morgan fingerprint density at radius 2 is 1.56 bits per heavy atom. The van der Waals surface area contributed by atoms with Crippen molar-refractivity contribution in [2.75, 3.05) is 107 Å². The number of anilines is 4.